The van der Waals surface area contributed by atoms with Crippen LogP contribution in [0, 0.1) is 0 Å². The molecule has 184 valence electrons. The highest BCUT2D eigenvalue weighted by Gasteiger charge is 2.31. The summed E-state index contributed by atoms with van der Waals surface area (Å²) in [4.78, 5) is 25.2. The number of aryl methyl sites for hydroxylation is 1. The van der Waals surface area contributed by atoms with Crippen molar-refractivity contribution >= 4 is 16.2 Å². The van der Waals surface area contributed by atoms with Crippen LogP contribution in [0.5, 0.6) is 17.2 Å². The van der Waals surface area contributed by atoms with Crippen molar-refractivity contribution in [3.05, 3.63) is 51.2 Å². The number of rotatable bonds is 8. The molecule has 2 N–H and O–H groups in total. The second kappa shape index (κ2) is 10.4. The van der Waals surface area contributed by atoms with E-state index in [1.807, 2.05) is 0 Å². The van der Waals surface area contributed by atoms with Crippen LogP contribution in [0.2, 0.25) is 0 Å². The van der Waals surface area contributed by atoms with Gasteiger partial charge in [-0.2, -0.15) is 13.1 Å². The van der Waals surface area contributed by atoms with Gasteiger partial charge >= 0.3 is 5.97 Å². The Bertz CT molecular complexity index is 1260. The van der Waals surface area contributed by atoms with E-state index in [4.69, 9.17) is 18.9 Å². The molecule has 0 aromatic heterocycles. The van der Waals surface area contributed by atoms with Crippen LogP contribution in [0.15, 0.2) is 29.1 Å². The normalized spacial score (nSPS) is 14.9. The molecular weight excluding hydrogens is 464 g/mol. The molecule has 0 heterocycles. The van der Waals surface area contributed by atoms with E-state index in [-0.39, 0.29) is 12.1 Å². The largest absolute Gasteiger partial charge is 0.493 e. The molecule has 1 aliphatic rings. The van der Waals surface area contributed by atoms with Crippen LogP contribution in [0.25, 0.3) is 11.1 Å². The molecule has 34 heavy (non-hydrogen) atoms. The summed E-state index contributed by atoms with van der Waals surface area (Å²) in [7, 11) is 1.79. The summed E-state index contributed by atoms with van der Waals surface area (Å²) in [5.41, 5.74) is 1.56. The Morgan fingerprint density at radius 2 is 1.76 bits per heavy atom. The number of nitrogens with one attached hydrogen (secondary N) is 2. The van der Waals surface area contributed by atoms with Gasteiger partial charge in [0.05, 0.1) is 28.4 Å². The zero-order valence-corrected chi connectivity index (χ0v) is 20.5. The topological polar surface area (TPSA) is 129 Å². The van der Waals surface area contributed by atoms with Crippen LogP contribution in [0.1, 0.15) is 40.9 Å². The highest BCUT2D eigenvalue weighted by Crippen LogP contribution is 2.50. The summed E-state index contributed by atoms with van der Waals surface area (Å²) in [6.45, 7) is 1.86. The van der Waals surface area contributed by atoms with E-state index in [9.17, 15) is 18.0 Å². The number of methoxy groups -OCH3 is 4. The highest BCUT2D eigenvalue weighted by atomic mass is 32.2. The summed E-state index contributed by atoms with van der Waals surface area (Å²) >= 11 is 0. The Kier molecular flexibility index (Phi) is 7.80. The molecule has 0 saturated heterocycles. The third kappa shape index (κ3) is 4.86. The van der Waals surface area contributed by atoms with Crippen molar-refractivity contribution in [2.75, 3.05) is 35.0 Å². The maximum Gasteiger partial charge on any atom is 0.341 e. The maximum absolute atomic E-state index is 13.0. The van der Waals surface area contributed by atoms with Crippen LogP contribution >= 0.6 is 0 Å². The van der Waals surface area contributed by atoms with E-state index in [0.29, 0.717) is 46.8 Å². The molecule has 11 heteroatoms. The summed E-state index contributed by atoms with van der Waals surface area (Å²) in [6, 6.07) is 5.27. The van der Waals surface area contributed by atoms with E-state index >= 15 is 0 Å². The Hall–Kier alpha value is -3.15. The van der Waals surface area contributed by atoms with E-state index in [2.05, 4.69) is 9.44 Å². The standard InChI is InChI=1S/C23H28N2O8S/c1-6-24-34(28,29)25-17-10-7-13-11-19(30-2)21(31-3)22(32-4)20(13)14-8-9-15(23(27)33-5)18(26)12-16(14)17/h8-9,11-12,17,24-25H,6-7,10H2,1-5H3/t17-/m0/s1. The maximum atomic E-state index is 13.0. The predicted molar refractivity (Wildman–Crippen MR) is 126 cm³/mol. The number of ether oxygens (including phenoxy) is 4. The Balaban J connectivity index is 2.40. The van der Waals surface area contributed by atoms with Gasteiger partial charge in [-0.15, -0.1) is 0 Å². The fraction of sp³-hybridized carbons (Fsp3) is 0.391. The molecule has 0 unspecified atom stereocenters. The van der Waals surface area contributed by atoms with Crippen molar-refractivity contribution in [1.29, 1.82) is 0 Å². The first-order chi connectivity index (χ1) is 16.2. The van der Waals surface area contributed by atoms with Gasteiger partial charge < -0.3 is 18.9 Å². The lowest BCUT2D eigenvalue weighted by atomic mass is 9.95. The first-order valence-corrected chi connectivity index (χ1v) is 12.0. The van der Waals surface area contributed by atoms with Gasteiger partial charge in [-0.1, -0.05) is 13.0 Å². The van der Waals surface area contributed by atoms with Crippen LogP contribution in [-0.4, -0.2) is 49.4 Å². The summed E-state index contributed by atoms with van der Waals surface area (Å²) in [5.74, 6) is 0.376. The highest BCUT2D eigenvalue weighted by molar-refractivity contribution is 7.87. The Labute approximate surface area is 198 Å². The minimum absolute atomic E-state index is 0.176. The number of hydrogen-bond donors (Lipinski definition) is 2. The van der Waals surface area contributed by atoms with E-state index < -0.39 is 27.6 Å². The molecule has 2 aromatic carbocycles. The molecule has 2 aromatic rings. The minimum atomic E-state index is -3.86. The van der Waals surface area contributed by atoms with Crippen molar-refractivity contribution in [3.8, 4) is 28.4 Å². The Morgan fingerprint density at radius 3 is 2.35 bits per heavy atom. The van der Waals surface area contributed by atoms with E-state index in [1.165, 1.54) is 40.6 Å². The van der Waals surface area contributed by atoms with Gasteiger partial charge in [0.15, 0.2) is 16.9 Å². The molecule has 0 aliphatic heterocycles. The van der Waals surface area contributed by atoms with Gasteiger partial charge in [0.2, 0.25) is 5.75 Å². The molecule has 10 nitrogen and oxygen atoms in total. The zero-order valence-electron chi connectivity index (χ0n) is 19.7. The monoisotopic (exact) mass is 492 g/mol. The van der Waals surface area contributed by atoms with Crippen LogP contribution in [0.4, 0.5) is 0 Å². The first-order valence-electron chi connectivity index (χ1n) is 10.6. The van der Waals surface area contributed by atoms with Gasteiger partial charge in [-0.3, -0.25) is 4.79 Å². The van der Waals surface area contributed by atoms with E-state index in [1.54, 1.807) is 19.1 Å². The molecule has 0 saturated carbocycles. The molecule has 0 bridgehead atoms. The van der Waals surface area contributed by atoms with Gasteiger partial charge in [-0.05, 0) is 47.7 Å². The third-order valence-corrected chi connectivity index (χ3v) is 6.84. The lowest BCUT2D eigenvalue weighted by Crippen LogP contribution is -2.39. The molecule has 0 spiro atoms. The van der Waals surface area contributed by atoms with Gasteiger partial charge in [0, 0.05) is 18.2 Å². The number of carbonyl (C=O) groups is 1. The van der Waals surface area contributed by atoms with Gasteiger partial charge in [0.1, 0.15) is 5.56 Å². The molecule has 3 rings (SSSR count). The number of carbonyl (C=O) groups excluding carboxylic acids is 1. The van der Waals surface area contributed by atoms with Crippen LogP contribution in [-0.2, 0) is 21.4 Å². The molecule has 1 atom stereocenters. The summed E-state index contributed by atoms with van der Waals surface area (Å²) in [6.07, 6.45) is 0.780. The fourth-order valence-corrected chi connectivity index (χ4v) is 5.22. The first kappa shape index (κ1) is 25.5. The average molecular weight is 493 g/mol. The number of benzene rings is 1. The smallest absolute Gasteiger partial charge is 0.341 e. The lowest BCUT2D eigenvalue weighted by Gasteiger charge is -2.20. The lowest BCUT2D eigenvalue weighted by molar-refractivity contribution is 0.0599. The van der Waals surface area contributed by atoms with Crippen molar-refractivity contribution < 1.29 is 32.2 Å². The molecular formula is C23H28N2O8S. The SMILES string of the molecule is CCNS(=O)(=O)N[C@H]1CCc2cc(OC)c(OC)c(OC)c2-c2ccc(C(=O)OC)c(=O)cc21. The Morgan fingerprint density at radius 1 is 1.06 bits per heavy atom. The van der Waals surface area contributed by atoms with Crippen molar-refractivity contribution in [1.82, 2.24) is 9.44 Å². The number of fused-ring (bicyclic) bond motifs is 3. The summed E-state index contributed by atoms with van der Waals surface area (Å²) < 4.78 is 51.6. The van der Waals surface area contributed by atoms with E-state index in [0.717, 1.165) is 5.56 Å². The summed E-state index contributed by atoms with van der Waals surface area (Å²) in [5, 5.41) is 0. The molecule has 0 radical (unpaired) electrons. The average Bonchev–Trinajstić information content (AvgIpc) is 3.06. The second-order valence-electron chi connectivity index (χ2n) is 7.51. The van der Waals surface area contributed by atoms with Crippen molar-refractivity contribution in [2.45, 2.75) is 25.8 Å². The van der Waals surface area contributed by atoms with Gasteiger partial charge in [-0.25, -0.2) is 9.52 Å². The quantitative estimate of drug-likeness (QED) is 0.535. The molecule has 1 aliphatic carbocycles. The number of hydrogen-bond acceptors (Lipinski definition) is 8. The predicted octanol–water partition coefficient (Wildman–Crippen LogP) is 1.96. The van der Waals surface area contributed by atoms with Crippen LogP contribution in [0.3, 0.4) is 0 Å². The minimum Gasteiger partial charge on any atom is -0.493 e. The fourth-order valence-electron chi connectivity index (χ4n) is 4.13. The molecule has 0 amide bonds. The second-order valence-corrected chi connectivity index (χ2v) is 9.04. The number of esters is 1. The van der Waals surface area contributed by atoms with Crippen molar-refractivity contribution in [2.24, 2.45) is 0 Å². The van der Waals surface area contributed by atoms with Gasteiger partial charge in [0.25, 0.3) is 10.2 Å². The van der Waals surface area contributed by atoms with Crippen molar-refractivity contribution in [3.63, 3.8) is 0 Å². The molecule has 0 fully saturated rings. The third-order valence-electron chi connectivity index (χ3n) is 5.58. The van der Waals surface area contributed by atoms with Crippen LogP contribution < -0.4 is 29.1 Å². The zero-order chi connectivity index (χ0) is 25.0.